The molecule has 1 heterocycles. The Labute approximate surface area is 133 Å². The molecule has 5 nitrogen and oxygen atoms in total. The number of nitrogens with zero attached hydrogens (tertiary/aromatic N) is 2. The number of carboxylic acids is 1. The summed E-state index contributed by atoms with van der Waals surface area (Å²) in [5.41, 5.74) is -0.0110. The number of carbonyl (C=O) groups excluding carboxylic acids is 1. The van der Waals surface area contributed by atoms with Gasteiger partial charge in [-0.25, -0.2) is 4.39 Å². The number of hydrogen-bond acceptors (Lipinski definition) is 3. The van der Waals surface area contributed by atoms with E-state index in [-0.39, 0.29) is 10.6 Å². The van der Waals surface area contributed by atoms with Crippen molar-refractivity contribution in [2.24, 2.45) is 0 Å². The van der Waals surface area contributed by atoms with E-state index in [1.54, 1.807) is 0 Å². The van der Waals surface area contributed by atoms with Crippen LogP contribution in [0.15, 0.2) is 18.2 Å². The number of halogens is 2. The minimum absolute atomic E-state index is 0.0110. The Kier molecular flexibility index (Phi) is 5.37. The second-order valence-corrected chi connectivity index (χ2v) is 5.65. The molecule has 1 aliphatic heterocycles. The molecule has 120 valence electrons. The van der Waals surface area contributed by atoms with Gasteiger partial charge >= 0.3 is 5.97 Å². The molecule has 1 atom stereocenters. The predicted molar refractivity (Wildman–Crippen MR) is 80.6 cm³/mol. The predicted octanol–water partition coefficient (Wildman–Crippen LogP) is 2.10. The van der Waals surface area contributed by atoms with E-state index < -0.39 is 23.7 Å². The normalized spacial score (nSPS) is 17.3. The quantitative estimate of drug-likeness (QED) is 0.919. The minimum Gasteiger partial charge on any atom is -0.480 e. The Morgan fingerprint density at radius 3 is 2.45 bits per heavy atom. The van der Waals surface area contributed by atoms with Gasteiger partial charge in [-0.2, -0.15) is 0 Å². The summed E-state index contributed by atoms with van der Waals surface area (Å²) in [7, 11) is 0. The molecule has 0 radical (unpaired) electrons. The van der Waals surface area contributed by atoms with Crippen molar-refractivity contribution >= 4 is 23.5 Å². The van der Waals surface area contributed by atoms with Crippen molar-refractivity contribution in [3.8, 4) is 0 Å². The zero-order valence-corrected chi connectivity index (χ0v) is 13.0. The first-order chi connectivity index (χ1) is 10.4. The number of rotatable bonds is 4. The molecule has 1 aromatic rings. The molecular formula is C15H18ClFN2O3. The molecule has 0 aliphatic carbocycles. The second kappa shape index (κ2) is 7.07. The number of hydrogen-bond donors (Lipinski definition) is 1. The van der Waals surface area contributed by atoms with Crippen LogP contribution in [0.3, 0.4) is 0 Å². The van der Waals surface area contributed by atoms with Gasteiger partial charge in [0.25, 0.3) is 5.91 Å². The average Bonchev–Trinajstić information content (AvgIpc) is 2.47. The van der Waals surface area contributed by atoms with Gasteiger partial charge < -0.3 is 10.0 Å². The molecule has 7 heteroatoms. The number of carbonyl (C=O) groups is 2. The van der Waals surface area contributed by atoms with E-state index in [1.807, 2.05) is 11.8 Å². The zero-order valence-electron chi connectivity index (χ0n) is 12.3. The van der Waals surface area contributed by atoms with Crippen molar-refractivity contribution in [3.63, 3.8) is 0 Å². The fraction of sp³-hybridized carbons (Fsp3) is 0.467. The summed E-state index contributed by atoms with van der Waals surface area (Å²) in [6.07, 6.45) is 0.509. The number of amides is 1. The highest BCUT2D eigenvalue weighted by molar-refractivity contribution is 6.30. The number of piperazine rings is 1. The van der Waals surface area contributed by atoms with Gasteiger partial charge in [-0.3, -0.25) is 14.5 Å². The van der Waals surface area contributed by atoms with Crippen molar-refractivity contribution in [1.29, 1.82) is 0 Å². The maximum Gasteiger partial charge on any atom is 0.320 e. The highest BCUT2D eigenvalue weighted by Gasteiger charge is 2.30. The van der Waals surface area contributed by atoms with E-state index in [0.29, 0.717) is 32.6 Å². The Morgan fingerprint density at radius 2 is 1.95 bits per heavy atom. The molecule has 1 N–H and O–H groups in total. The number of aliphatic carboxylic acids is 1. The van der Waals surface area contributed by atoms with Crippen LogP contribution in [0.1, 0.15) is 23.7 Å². The lowest BCUT2D eigenvalue weighted by atomic mass is 10.1. The van der Waals surface area contributed by atoms with Crippen molar-refractivity contribution in [3.05, 3.63) is 34.6 Å². The highest BCUT2D eigenvalue weighted by atomic mass is 35.5. The molecule has 1 fully saturated rings. The molecule has 1 amide bonds. The number of carboxylic acid groups (broad SMARTS) is 1. The van der Waals surface area contributed by atoms with E-state index in [4.69, 9.17) is 16.7 Å². The molecule has 0 aromatic heterocycles. The largest absolute Gasteiger partial charge is 0.480 e. The summed E-state index contributed by atoms with van der Waals surface area (Å²) in [5.74, 6) is -1.89. The van der Waals surface area contributed by atoms with Gasteiger partial charge in [0.05, 0.1) is 5.56 Å². The molecule has 0 unspecified atom stereocenters. The summed E-state index contributed by atoms with van der Waals surface area (Å²) < 4.78 is 13.8. The molecule has 22 heavy (non-hydrogen) atoms. The SMILES string of the molecule is CC[C@@H](C(=O)O)N1CCN(C(=O)c2ccc(Cl)cc2F)CC1. The Morgan fingerprint density at radius 1 is 1.32 bits per heavy atom. The van der Waals surface area contributed by atoms with Gasteiger partial charge in [-0.05, 0) is 24.6 Å². The van der Waals surface area contributed by atoms with Crippen LogP contribution in [-0.2, 0) is 4.79 Å². The molecule has 0 saturated carbocycles. The van der Waals surface area contributed by atoms with E-state index >= 15 is 0 Å². The highest BCUT2D eigenvalue weighted by Crippen LogP contribution is 2.18. The summed E-state index contributed by atoms with van der Waals surface area (Å²) in [6.45, 7) is 3.51. The molecule has 0 bridgehead atoms. The lowest BCUT2D eigenvalue weighted by Gasteiger charge is -2.37. The fourth-order valence-electron chi connectivity index (χ4n) is 2.66. The zero-order chi connectivity index (χ0) is 16.3. The fourth-order valence-corrected chi connectivity index (χ4v) is 2.82. The molecular weight excluding hydrogens is 311 g/mol. The Bertz CT molecular complexity index is 574. The van der Waals surface area contributed by atoms with Crippen LogP contribution in [0.25, 0.3) is 0 Å². The van der Waals surface area contributed by atoms with E-state index in [2.05, 4.69) is 0 Å². The second-order valence-electron chi connectivity index (χ2n) is 5.21. The molecule has 2 rings (SSSR count). The van der Waals surface area contributed by atoms with Crippen LogP contribution in [0, 0.1) is 5.82 Å². The van der Waals surface area contributed by atoms with Crippen LogP contribution in [0.2, 0.25) is 5.02 Å². The van der Waals surface area contributed by atoms with E-state index in [1.165, 1.54) is 17.0 Å². The first-order valence-electron chi connectivity index (χ1n) is 7.15. The average molecular weight is 329 g/mol. The summed E-state index contributed by atoms with van der Waals surface area (Å²) >= 11 is 5.68. The van der Waals surface area contributed by atoms with Crippen molar-refractivity contribution in [2.75, 3.05) is 26.2 Å². The van der Waals surface area contributed by atoms with Gasteiger partial charge in [0, 0.05) is 31.2 Å². The first-order valence-corrected chi connectivity index (χ1v) is 7.53. The van der Waals surface area contributed by atoms with Crippen LogP contribution < -0.4 is 0 Å². The van der Waals surface area contributed by atoms with E-state index in [9.17, 15) is 14.0 Å². The van der Waals surface area contributed by atoms with Gasteiger partial charge in [0.1, 0.15) is 11.9 Å². The van der Waals surface area contributed by atoms with Gasteiger partial charge in [-0.1, -0.05) is 18.5 Å². The van der Waals surface area contributed by atoms with Crippen LogP contribution >= 0.6 is 11.6 Å². The smallest absolute Gasteiger partial charge is 0.320 e. The van der Waals surface area contributed by atoms with Crippen molar-refractivity contribution in [2.45, 2.75) is 19.4 Å². The third-order valence-corrected chi connectivity index (χ3v) is 4.11. The molecule has 1 aliphatic rings. The van der Waals surface area contributed by atoms with Crippen molar-refractivity contribution < 1.29 is 19.1 Å². The molecule has 1 aromatic carbocycles. The standard InChI is InChI=1S/C15H18ClFN2O3/c1-2-13(15(21)22)18-5-7-19(8-6-18)14(20)11-4-3-10(16)9-12(11)17/h3-4,9,13H,2,5-8H2,1H3,(H,21,22)/t13-/m0/s1. The lowest BCUT2D eigenvalue weighted by Crippen LogP contribution is -2.53. The van der Waals surface area contributed by atoms with Crippen LogP contribution in [0.5, 0.6) is 0 Å². The Balaban J connectivity index is 2.02. The van der Waals surface area contributed by atoms with Crippen LogP contribution in [0.4, 0.5) is 4.39 Å². The van der Waals surface area contributed by atoms with Gasteiger partial charge in [0.15, 0.2) is 0 Å². The topological polar surface area (TPSA) is 60.9 Å². The Hall–Kier alpha value is -1.66. The monoisotopic (exact) mass is 328 g/mol. The van der Waals surface area contributed by atoms with Gasteiger partial charge in [0.2, 0.25) is 0 Å². The van der Waals surface area contributed by atoms with Crippen LogP contribution in [-0.4, -0.2) is 59.0 Å². The molecule has 0 spiro atoms. The lowest BCUT2D eigenvalue weighted by molar-refractivity contribution is -0.144. The minimum atomic E-state index is -0.856. The van der Waals surface area contributed by atoms with E-state index in [0.717, 1.165) is 6.07 Å². The molecule has 1 saturated heterocycles. The number of benzene rings is 1. The van der Waals surface area contributed by atoms with Gasteiger partial charge in [-0.15, -0.1) is 0 Å². The third kappa shape index (κ3) is 3.56. The summed E-state index contributed by atoms with van der Waals surface area (Å²) in [4.78, 5) is 26.9. The van der Waals surface area contributed by atoms with Crippen molar-refractivity contribution in [1.82, 2.24) is 9.80 Å². The summed E-state index contributed by atoms with van der Waals surface area (Å²) in [5, 5.41) is 9.40. The first kappa shape index (κ1) is 16.7. The summed E-state index contributed by atoms with van der Waals surface area (Å²) in [6, 6.07) is 3.43. The third-order valence-electron chi connectivity index (χ3n) is 3.88. The maximum atomic E-state index is 13.8. The maximum absolute atomic E-state index is 13.8.